The van der Waals surface area contributed by atoms with Crippen LogP contribution in [0.2, 0.25) is 36.3 Å². The zero-order valence-electron chi connectivity index (χ0n) is 25.5. The molecule has 0 radical (unpaired) electrons. The lowest BCUT2D eigenvalue weighted by Crippen LogP contribution is -2.68. The van der Waals surface area contributed by atoms with E-state index in [9.17, 15) is 25.5 Å². The molecule has 0 spiro atoms. The summed E-state index contributed by atoms with van der Waals surface area (Å²) < 4.78 is 25.0. The molecule has 1 aliphatic rings. The largest absolute Gasteiger partial charge is 0.497 e. The second-order valence-corrected chi connectivity index (χ2v) is 23.3. The molecule has 9 nitrogen and oxygen atoms in total. The van der Waals surface area contributed by atoms with Crippen LogP contribution in [0.15, 0.2) is 24.3 Å². The fourth-order valence-electron chi connectivity index (χ4n) is 3.98. The molecule has 1 aromatic carbocycles. The third kappa shape index (κ3) is 7.91. The normalized spacial score (nSPS) is 31.5. The van der Waals surface area contributed by atoms with Gasteiger partial charge >= 0.3 is 0 Å². The summed E-state index contributed by atoms with van der Waals surface area (Å²) in [6, 6.07) is 7.23. The van der Waals surface area contributed by atoms with E-state index >= 15 is 0 Å². The van der Waals surface area contributed by atoms with E-state index in [4.69, 9.17) is 18.3 Å². The Bertz CT molecular complexity index is 911. The van der Waals surface area contributed by atoms with Crippen LogP contribution in [0.1, 0.15) is 47.1 Å². The minimum atomic E-state index is -2.59. The smallest absolute Gasteiger partial charge is 0.192 e. The van der Waals surface area contributed by atoms with Crippen molar-refractivity contribution in [2.24, 2.45) is 0 Å². The summed E-state index contributed by atoms with van der Waals surface area (Å²) in [6.07, 6.45) is -12.1. The molecule has 1 saturated carbocycles. The summed E-state index contributed by atoms with van der Waals surface area (Å²) in [5.74, 6) is 0.683. The van der Waals surface area contributed by atoms with Crippen LogP contribution in [0.3, 0.4) is 0 Å². The fraction of sp³-hybridized carbons (Fsp3) is 0.786. The average Bonchev–Trinajstić information content (AvgIpc) is 2.83. The molecule has 1 fully saturated rings. The fourth-order valence-corrected chi connectivity index (χ4v) is 6.59. The molecule has 5 N–H and O–H groups in total. The Hall–Kier alpha value is -0.866. The highest BCUT2D eigenvalue weighted by molar-refractivity contribution is 6.74. The van der Waals surface area contributed by atoms with Crippen molar-refractivity contribution >= 4 is 16.6 Å². The molecule has 0 unspecified atom stereocenters. The second-order valence-electron chi connectivity index (χ2n) is 13.8. The zero-order valence-corrected chi connectivity index (χ0v) is 27.5. The van der Waals surface area contributed by atoms with Crippen LogP contribution in [-0.4, -0.2) is 98.1 Å². The summed E-state index contributed by atoms with van der Waals surface area (Å²) in [5.41, 5.74) is 0.786. The van der Waals surface area contributed by atoms with Gasteiger partial charge in [-0.2, -0.15) is 0 Å². The maximum Gasteiger partial charge on any atom is 0.192 e. The van der Waals surface area contributed by atoms with E-state index in [0.29, 0.717) is 5.75 Å². The average molecular weight is 589 g/mol. The first-order valence-corrected chi connectivity index (χ1v) is 19.5. The predicted octanol–water partition coefficient (Wildman–Crippen LogP) is 3.18. The first-order valence-electron chi connectivity index (χ1n) is 13.6. The molecule has 226 valence electrons. The van der Waals surface area contributed by atoms with Crippen LogP contribution in [-0.2, 0) is 20.2 Å². The highest BCUT2D eigenvalue weighted by Gasteiger charge is 2.55. The Balaban J connectivity index is 2.65. The van der Waals surface area contributed by atoms with Gasteiger partial charge in [-0.05, 0) is 54.0 Å². The Morgan fingerprint density at radius 2 is 1.00 bits per heavy atom. The van der Waals surface area contributed by atoms with Gasteiger partial charge in [-0.1, -0.05) is 53.7 Å². The van der Waals surface area contributed by atoms with Crippen molar-refractivity contribution in [2.75, 3.05) is 7.11 Å². The molecule has 0 saturated heterocycles. The van der Waals surface area contributed by atoms with E-state index in [0.717, 1.165) is 5.56 Å². The third-order valence-electron chi connectivity index (χ3n) is 8.80. The molecule has 1 aliphatic carbocycles. The Morgan fingerprint density at radius 1 is 0.615 bits per heavy atom. The van der Waals surface area contributed by atoms with Gasteiger partial charge in [0.25, 0.3) is 0 Å². The molecule has 0 heterocycles. The maximum atomic E-state index is 11.4. The molecule has 0 aromatic heterocycles. The Kier molecular flexibility index (Phi) is 11.1. The lowest BCUT2D eigenvalue weighted by molar-refractivity contribution is -0.229. The van der Waals surface area contributed by atoms with Crippen LogP contribution >= 0.6 is 0 Å². The maximum absolute atomic E-state index is 11.4. The molecule has 0 aliphatic heterocycles. The van der Waals surface area contributed by atoms with Crippen LogP contribution in [0.25, 0.3) is 0 Å². The van der Waals surface area contributed by atoms with E-state index < -0.39 is 65.5 Å². The van der Waals surface area contributed by atoms with Crippen LogP contribution in [0, 0.1) is 0 Å². The van der Waals surface area contributed by atoms with E-state index in [2.05, 4.69) is 41.5 Å². The van der Waals surface area contributed by atoms with Crippen molar-refractivity contribution in [2.45, 2.75) is 133 Å². The van der Waals surface area contributed by atoms with E-state index in [1.807, 2.05) is 38.3 Å². The highest BCUT2D eigenvalue weighted by Crippen LogP contribution is 2.43. The molecular weight excluding hydrogens is 536 g/mol. The van der Waals surface area contributed by atoms with Crippen LogP contribution in [0.5, 0.6) is 5.75 Å². The lowest BCUT2D eigenvalue weighted by Gasteiger charge is -2.51. The van der Waals surface area contributed by atoms with E-state index in [1.54, 1.807) is 19.2 Å². The number of benzene rings is 1. The molecule has 1 aromatic rings. The van der Waals surface area contributed by atoms with Gasteiger partial charge in [0, 0.05) is 0 Å². The van der Waals surface area contributed by atoms with Gasteiger partial charge in [0.1, 0.15) is 54.6 Å². The van der Waals surface area contributed by atoms with Crippen molar-refractivity contribution in [3.63, 3.8) is 0 Å². The van der Waals surface area contributed by atoms with E-state index in [-0.39, 0.29) is 16.7 Å². The standard InChI is InChI=1S/C28H52O9Si2/c1-27(2,3)38(8,9)36-25-23(33)21(31)19(29)20(30)22(32)24(26(25)37-39(10,11)28(4,5)6)35-16-17-12-14-18(34-7)15-13-17/h12-15,19-26,29-33H,16H2,1-11H3/t19-,20+,21-,22+,23-,24+,25+,26+/m0/s1. The number of methoxy groups -OCH3 is 1. The van der Waals surface area contributed by atoms with Gasteiger partial charge in [-0.15, -0.1) is 0 Å². The highest BCUT2D eigenvalue weighted by atomic mass is 28.4. The van der Waals surface area contributed by atoms with Gasteiger partial charge in [-0.3, -0.25) is 0 Å². The Morgan fingerprint density at radius 3 is 1.41 bits per heavy atom. The quantitative estimate of drug-likeness (QED) is 0.290. The minimum absolute atomic E-state index is 0.0529. The number of rotatable bonds is 8. The van der Waals surface area contributed by atoms with Gasteiger partial charge in [0.15, 0.2) is 16.6 Å². The second kappa shape index (κ2) is 12.6. The summed E-state index contributed by atoms with van der Waals surface area (Å²) in [6.45, 7) is 20.5. The van der Waals surface area contributed by atoms with Gasteiger partial charge < -0.3 is 43.9 Å². The molecule has 8 atom stereocenters. The van der Waals surface area contributed by atoms with Crippen molar-refractivity contribution in [3.8, 4) is 5.75 Å². The van der Waals surface area contributed by atoms with Crippen LogP contribution in [0.4, 0.5) is 0 Å². The molecule has 0 bridgehead atoms. The minimum Gasteiger partial charge on any atom is -0.497 e. The topological polar surface area (TPSA) is 138 Å². The number of ether oxygens (including phenoxy) is 2. The van der Waals surface area contributed by atoms with Crippen molar-refractivity contribution < 1.29 is 43.9 Å². The third-order valence-corrected chi connectivity index (χ3v) is 17.7. The predicted molar refractivity (Wildman–Crippen MR) is 156 cm³/mol. The van der Waals surface area contributed by atoms with Crippen molar-refractivity contribution in [1.29, 1.82) is 0 Å². The first-order chi connectivity index (χ1) is 17.6. The summed E-state index contributed by atoms with van der Waals surface area (Å²) >= 11 is 0. The van der Waals surface area contributed by atoms with Crippen molar-refractivity contribution in [1.82, 2.24) is 0 Å². The molecule has 0 amide bonds. The number of hydrogen-bond acceptors (Lipinski definition) is 9. The van der Waals surface area contributed by atoms with Crippen LogP contribution < -0.4 is 4.74 Å². The van der Waals surface area contributed by atoms with Crippen molar-refractivity contribution in [3.05, 3.63) is 29.8 Å². The van der Waals surface area contributed by atoms with Gasteiger partial charge in [-0.25, -0.2) is 0 Å². The number of hydrogen-bond donors (Lipinski definition) is 5. The zero-order chi connectivity index (χ0) is 30.1. The monoisotopic (exact) mass is 588 g/mol. The summed E-state index contributed by atoms with van der Waals surface area (Å²) in [4.78, 5) is 0. The molecule has 11 heteroatoms. The Labute approximate surface area is 236 Å². The number of aliphatic hydroxyl groups excluding tert-OH is 5. The first kappa shape index (κ1) is 34.3. The summed E-state index contributed by atoms with van der Waals surface area (Å²) in [7, 11) is -3.59. The van der Waals surface area contributed by atoms with E-state index in [1.165, 1.54) is 0 Å². The molecule has 39 heavy (non-hydrogen) atoms. The van der Waals surface area contributed by atoms with Gasteiger partial charge in [0.05, 0.1) is 13.7 Å². The number of aliphatic hydroxyl groups is 5. The summed E-state index contributed by atoms with van der Waals surface area (Å²) in [5, 5.41) is 54.8. The van der Waals surface area contributed by atoms with Gasteiger partial charge in [0.2, 0.25) is 0 Å². The molecular formula is C28H52O9Si2. The lowest BCUT2D eigenvalue weighted by atomic mass is 9.85. The molecule has 2 rings (SSSR count). The SMILES string of the molecule is COc1ccc(CO[C@@H]2[C@H](O)[C@H](O)[C@H](O)[C@H](O)[C@H](O)[C@@H](O[Si](C)(C)C(C)(C)C)[C@@H]2O[Si](C)(C)C(C)(C)C)cc1.